The Hall–Kier alpha value is -1.28. The van der Waals surface area contributed by atoms with Crippen LogP contribution in [0.4, 0.5) is 0 Å². The standard InChI is InChI=1S/C16H24N2/c1-4-9-17-13(3)10-12(2)15-11-18-16-8-6-5-7-14(15)16/h5-8,11-13,17-18H,4,9-10H2,1-3H3. The lowest BCUT2D eigenvalue weighted by Gasteiger charge is -2.18. The Morgan fingerprint density at radius 3 is 2.78 bits per heavy atom. The average molecular weight is 244 g/mol. The smallest absolute Gasteiger partial charge is 0.0456 e. The van der Waals surface area contributed by atoms with Gasteiger partial charge in [-0.2, -0.15) is 0 Å². The van der Waals surface area contributed by atoms with Crippen LogP contribution in [0.1, 0.15) is 45.1 Å². The summed E-state index contributed by atoms with van der Waals surface area (Å²) < 4.78 is 0. The number of aromatic amines is 1. The van der Waals surface area contributed by atoms with Gasteiger partial charge in [0, 0.05) is 23.1 Å². The third kappa shape index (κ3) is 2.94. The number of nitrogens with one attached hydrogen (secondary N) is 2. The van der Waals surface area contributed by atoms with Crippen LogP contribution in [-0.2, 0) is 0 Å². The molecule has 1 aromatic heterocycles. The SMILES string of the molecule is CCCNC(C)CC(C)c1c[nH]c2ccccc12. The molecule has 0 saturated heterocycles. The Labute approximate surface area is 110 Å². The van der Waals surface area contributed by atoms with Crippen molar-refractivity contribution in [2.24, 2.45) is 0 Å². The summed E-state index contributed by atoms with van der Waals surface area (Å²) in [6.45, 7) is 7.92. The fraction of sp³-hybridized carbons (Fsp3) is 0.500. The van der Waals surface area contributed by atoms with E-state index in [9.17, 15) is 0 Å². The fourth-order valence-electron chi connectivity index (χ4n) is 2.63. The molecule has 0 bridgehead atoms. The van der Waals surface area contributed by atoms with Gasteiger partial charge in [0.2, 0.25) is 0 Å². The largest absolute Gasteiger partial charge is 0.361 e. The van der Waals surface area contributed by atoms with E-state index in [4.69, 9.17) is 0 Å². The molecule has 18 heavy (non-hydrogen) atoms. The Morgan fingerprint density at radius 2 is 2.00 bits per heavy atom. The third-order valence-electron chi connectivity index (χ3n) is 3.60. The van der Waals surface area contributed by atoms with Crippen molar-refractivity contribution in [1.29, 1.82) is 0 Å². The van der Waals surface area contributed by atoms with Gasteiger partial charge in [-0.3, -0.25) is 0 Å². The summed E-state index contributed by atoms with van der Waals surface area (Å²) in [5.41, 5.74) is 2.68. The van der Waals surface area contributed by atoms with Gasteiger partial charge in [-0.25, -0.2) is 0 Å². The highest BCUT2D eigenvalue weighted by atomic mass is 14.9. The van der Waals surface area contributed by atoms with Crippen LogP contribution in [0.2, 0.25) is 0 Å². The van der Waals surface area contributed by atoms with Crippen LogP contribution < -0.4 is 5.32 Å². The maximum atomic E-state index is 3.56. The highest BCUT2D eigenvalue weighted by molar-refractivity contribution is 5.83. The van der Waals surface area contributed by atoms with Gasteiger partial charge in [-0.05, 0) is 43.9 Å². The molecule has 2 aromatic rings. The van der Waals surface area contributed by atoms with E-state index < -0.39 is 0 Å². The van der Waals surface area contributed by atoms with Gasteiger partial charge in [0.1, 0.15) is 0 Å². The summed E-state index contributed by atoms with van der Waals surface area (Å²) in [5.74, 6) is 0.584. The van der Waals surface area contributed by atoms with Crippen LogP contribution in [0, 0.1) is 0 Å². The van der Waals surface area contributed by atoms with Crippen molar-refractivity contribution in [3.63, 3.8) is 0 Å². The second kappa shape index (κ2) is 6.05. The minimum Gasteiger partial charge on any atom is -0.361 e. The van der Waals surface area contributed by atoms with Crippen molar-refractivity contribution in [2.45, 2.75) is 45.6 Å². The summed E-state index contributed by atoms with van der Waals surface area (Å²) in [6.07, 6.45) is 4.55. The lowest BCUT2D eigenvalue weighted by atomic mass is 9.94. The van der Waals surface area contributed by atoms with Crippen LogP contribution >= 0.6 is 0 Å². The van der Waals surface area contributed by atoms with E-state index in [2.05, 4.69) is 61.5 Å². The number of H-pyrrole nitrogens is 1. The minimum absolute atomic E-state index is 0.577. The molecule has 1 heterocycles. The van der Waals surface area contributed by atoms with Crippen molar-refractivity contribution in [3.05, 3.63) is 36.0 Å². The van der Waals surface area contributed by atoms with E-state index in [1.54, 1.807) is 0 Å². The molecule has 0 saturated carbocycles. The van der Waals surface area contributed by atoms with Crippen molar-refractivity contribution in [2.75, 3.05) is 6.54 Å². The first kappa shape index (κ1) is 13.2. The molecular weight excluding hydrogens is 220 g/mol. The topological polar surface area (TPSA) is 27.8 Å². The second-order valence-corrected chi connectivity index (χ2v) is 5.28. The number of fused-ring (bicyclic) bond motifs is 1. The molecule has 1 aromatic carbocycles. The molecule has 2 N–H and O–H groups in total. The maximum Gasteiger partial charge on any atom is 0.0456 e. The Kier molecular flexibility index (Phi) is 4.43. The minimum atomic E-state index is 0.577. The Balaban J connectivity index is 2.06. The van der Waals surface area contributed by atoms with E-state index in [-0.39, 0.29) is 0 Å². The van der Waals surface area contributed by atoms with E-state index >= 15 is 0 Å². The molecular formula is C16H24N2. The summed E-state index contributed by atoms with van der Waals surface area (Å²) in [6, 6.07) is 9.13. The Bertz CT molecular complexity index is 487. The predicted octanol–water partition coefficient (Wildman–Crippen LogP) is 4.05. The lowest BCUT2D eigenvalue weighted by Crippen LogP contribution is -2.27. The third-order valence-corrected chi connectivity index (χ3v) is 3.60. The quantitative estimate of drug-likeness (QED) is 0.788. The molecule has 2 unspecified atom stereocenters. The molecule has 2 atom stereocenters. The number of hydrogen-bond donors (Lipinski definition) is 2. The van der Waals surface area contributed by atoms with Gasteiger partial charge in [0.15, 0.2) is 0 Å². The number of hydrogen-bond acceptors (Lipinski definition) is 1. The summed E-state index contributed by atoms with van der Waals surface area (Å²) in [7, 11) is 0. The molecule has 0 aliphatic carbocycles. The first-order chi connectivity index (χ1) is 8.72. The molecule has 2 heteroatoms. The fourth-order valence-corrected chi connectivity index (χ4v) is 2.63. The van der Waals surface area contributed by atoms with Gasteiger partial charge < -0.3 is 10.3 Å². The Morgan fingerprint density at radius 1 is 1.22 bits per heavy atom. The normalized spacial score (nSPS) is 14.8. The first-order valence-corrected chi connectivity index (χ1v) is 7.01. The maximum absolute atomic E-state index is 3.56. The zero-order chi connectivity index (χ0) is 13.0. The summed E-state index contributed by atoms with van der Waals surface area (Å²) in [4.78, 5) is 3.37. The van der Waals surface area contributed by atoms with Gasteiger partial charge >= 0.3 is 0 Å². The van der Waals surface area contributed by atoms with Gasteiger partial charge in [-0.15, -0.1) is 0 Å². The zero-order valence-corrected chi connectivity index (χ0v) is 11.7. The summed E-state index contributed by atoms with van der Waals surface area (Å²) in [5, 5.41) is 4.93. The van der Waals surface area contributed by atoms with E-state index in [0.29, 0.717) is 12.0 Å². The highest BCUT2D eigenvalue weighted by Crippen LogP contribution is 2.28. The monoisotopic (exact) mass is 244 g/mol. The molecule has 0 radical (unpaired) electrons. The average Bonchev–Trinajstić information content (AvgIpc) is 2.80. The number of benzene rings is 1. The number of aromatic nitrogens is 1. The van der Waals surface area contributed by atoms with E-state index in [0.717, 1.165) is 6.54 Å². The first-order valence-electron chi connectivity index (χ1n) is 7.01. The van der Waals surface area contributed by atoms with Crippen LogP contribution in [0.3, 0.4) is 0 Å². The second-order valence-electron chi connectivity index (χ2n) is 5.28. The molecule has 0 aliphatic rings. The lowest BCUT2D eigenvalue weighted by molar-refractivity contribution is 0.480. The number of para-hydroxylation sites is 1. The van der Waals surface area contributed by atoms with Gasteiger partial charge in [0.25, 0.3) is 0 Å². The molecule has 2 nitrogen and oxygen atoms in total. The van der Waals surface area contributed by atoms with Crippen LogP contribution in [0.25, 0.3) is 10.9 Å². The van der Waals surface area contributed by atoms with Crippen LogP contribution in [-0.4, -0.2) is 17.6 Å². The number of rotatable bonds is 6. The molecule has 98 valence electrons. The van der Waals surface area contributed by atoms with Crippen molar-refractivity contribution < 1.29 is 0 Å². The van der Waals surface area contributed by atoms with E-state index in [1.165, 1.54) is 29.3 Å². The molecule has 0 fully saturated rings. The predicted molar refractivity (Wildman–Crippen MR) is 79.1 cm³/mol. The van der Waals surface area contributed by atoms with Crippen LogP contribution in [0.15, 0.2) is 30.5 Å². The highest BCUT2D eigenvalue weighted by Gasteiger charge is 2.13. The van der Waals surface area contributed by atoms with Crippen LogP contribution in [0.5, 0.6) is 0 Å². The van der Waals surface area contributed by atoms with Crippen molar-refractivity contribution >= 4 is 10.9 Å². The van der Waals surface area contributed by atoms with Crippen molar-refractivity contribution in [1.82, 2.24) is 10.3 Å². The summed E-state index contributed by atoms with van der Waals surface area (Å²) >= 11 is 0. The zero-order valence-electron chi connectivity index (χ0n) is 11.7. The molecule has 0 spiro atoms. The molecule has 0 amide bonds. The van der Waals surface area contributed by atoms with E-state index in [1.807, 2.05) is 0 Å². The molecule has 0 aliphatic heterocycles. The molecule has 2 rings (SSSR count). The van der Waals surface area contributed by atoms with Gasteiger partial charge in [-0.1, -0.05) is 32.0 Å². The van der Waals surface area contributed by atoms with Gasteiger partial charge in [0.05, 0.1) is 0 Å². The van der Waals surface area contributed by atoms with Crippen molar-refractivity contribution in [3.8, 4) is 0 Å².